The fourth-order valence-corrected chi connectivity index (χ4v) is 1.80. The quantitative estimate of drug-likeness (QED) is 0.834. The van der Waals surface area contributed by atoms with Crippen molar-refractivity contribution in [1.82, 2.24) is 4.98 Å². The molecule has 0 fully saturated rings. The number of nitrogens with zero attached hydrogens (tertiary/aromatic N) is 1. The van der Waals surface area contributed by atoms with Crippen LogP contribution in [0.25, 0.3) is 0 Å². The molecule has 2 rings (SSSR count). The lowest BCUT2D eigenvalue weighted by atomic mass is 9.98. The monoisotopic (exact) mass is 232 g/mol. The van der Waals surface area contributed by atoms with Gasteiger partial charge in [-0.25, -0.2) is 9.37 Å². The van der Waals surface area contributed by atoms with Gasteiger partial charge < -0.3 is 10.8 Å². The molecule has 3 nitrogen and oxygen atoms in total. The molecule has 0 aliphatic carbocycles. The molecule has 1 heterocycles. The molecule has 0 spiro atoms. The summed E-state index contributed by atoms with van der Waals surface area (Å²) in [6.45, 7) is 1.80. The molecule has 17 heavy (non-hydrogen) atoms. The number of nitrogen functional groups attached to an aromatic ring is 1. The van der Waals surface area contributed by atoms with E-state index >= 15 is 0 Å². The van der Waals surface area contributed by atoms with Crippen LogP contribution in [0.3, 0.4) is 0 Å². The van der Waals surface area contributed by atoms with Crippen molar-refractivity contribution in [1.29, 1.82) is 0 Å². The summed E-state index contributed by atoms with van der Waals surface area (Å²) in [6, 6.07) is 7.82. The first kappa shape index (κ1) is 11.5. The SMILES string of the molecule is Cc1ccnc(N)c1C(O)c1ccccc1F. The molecule has 0 aliphatic rings. The number of halogens is 1. The lowest BCUT2D eigenvalue weighted by molar-refractivity contribution is 0.214. The summed E-state index contributed by atoms with van der Waals surface area (Å²) in [5, 5.41) is 10.2. The molecule has 1 aromatic heterocycles. The highest BCUT2D eigenvalue weighted by molar-refractivity contribution is 5.48. The third-order valence-electron chi connectivity index (χ3n) is 2.71. The number of hydrogen-bond donors (Lipinski definition) is 2. The second kappa shape index (κ2) is 4.51. The Hall–Kier alpha value is -1.94. The molecule has 1 unspecified atom stereocenters. The highest BCUT2D eigenvalue weighted by Gasteiger charge is 2.19. The normalized spacial score (nSPS) is 12.4. The Morgan fingerprint density at radius 3 is 2.65 bits per heavy atom. The van der Waals surface area contributed by atoms with Gasteiger partial charge in [0.1, 0.15) is 17.7 Å². The maximum Gasteiger partial charge on any atom is 0.129 e. The molecule has 0 saturated heterocycles. The number of anilines is 1. The predicted octanol–water partition coefficient (Wildman–Crippen LogP) is 2.19. The molecule has 0 aliphatic heterocycles. The van der Waals surface area contributed by atoms with E-state index in [1.165, 1.54) is 12.1 Å². The van der Waals surface area contributed by atoms with Gasteiger partial charge in [-0.2, -0.15) is 0 Å². The molecule has 0 bridgehead atoms. The Kier molecular flexibility index (Phi) is 3.06. The van der Waals surface area contributed by atoms with Crippen LogP contribution in [-0.2, 0) is 0 Å². The first-order valence-electron chi connectivity index (χ1n) is 5.24. The van der Waals surface area contributed by atoms with Gasteiger partial charge in [0, 0.05) is 17.3 Å². The van der Waals surface area contributed by atoms with Crippen LogP contribution in [-0.4, -0.2) is 10.1 Å². The fraction of sp³-hybridized carbons (Fsp3) is 0.154. The zero-order valence-corrected chi connectivity index (χ0v) is 9.39. The van der Waals surface area contributed by atoms with Crippen LogP contribution < -0.4 is 5.73 Å². The van der Waals surface area contributed by atoms with E-state index in [1.807, 2.05) is 0 Å². The molecule has 1 aromatic carbocycles. The minimum absolute atomic E-state index is 0.204. The van der Waals surface area contributed by atoms with Gasteiger partial charge in [0.15, 0.2) is 0 Å². The van der Waals surface area contributed by atoms with Crippen molar-refractivity contribution in [2.75, 3.05) is 5.73 Å². The Morgan fingerprint density at radius 2 is 2.00 bits per heavy atom. The molecule has 2 aromatic rings. The number of nitrogens with two attached hydrogens (primary N) is 1. The third-order valence-corrected chi connectivity index (χ3v) is 2.71. The maximum absolute atomic E-state index is 13.6. The van der Waals surface area contributed by atoms with Crippen LogP contribution in [0.1, 0.15) is 22.8 Å². The van der Waals surface area contributed by atoms with Crippen LogP contribution in [0.15, 0.2) is 36.5 Å². The highest BCUT2D eigenvalue weighted by atomic mass is 19.1. The Balaban J connectivity index is 2.51. The lowest BCUT2D eigenvalue weighted by Gasteiger charge is -2.16. The molecular weight excluding hydrogens is 219 g/mol. The van der Waals surface area contributed by atoms with Crippen molar-refractivity contribution in [2.45, 2.75) is 13.0 Å². The highest BCUT2D eigenvalue weighted by Crippen LogP contribution is 2.29. The summed E-state index contributed by atoms with van der Waals surface area (Å²) in [5.74, 6) is -0.233. The van der Waals surface area contributed by atoms with Crippen molar-refractivity contribution < 1.29 is 9.50 Å². The zero-order valence-electron chi connectivity index (χ0n) is 9.39. The van der Waals surface area contributed by atoms with Crippen LogP contribution in [0.5, 0.6) is 0 Å². The summed E-state index contributed by atoms with van der Waals surface area (Å²) < 4.78 is 13.6. The average molecular weight is 232 g/mol. The molecule has 0 saturated carbocycles. The van der Waals surface area contributed by atoms with Crippen LogP contribution in [0.2, 0.25) is 0 Å². The molecular formula is C13H13FN2O. The van der Waals surface area contributed by atoms with E-state index in [9.17, 15) is 9.50 Å². The Labute approximate surface area is 98.7 Å². The predicted molar refractivity (Wildman–Crippen MR) is 63.8 cm³/mol. The largest absolute Gasteiger partial charge is 0.383 e. The minimum atomic E-state index is -1.09. The number of aliphatic hydroxyl groups is 1. The van der Waals surface area contributed by atoms with E-state index in [0.717, 1.165) is 5.56 Å². The summed E-state index contributed by atoms with van der Waals surface area (Å²) in [5.41, 5.74) is 7.16. The molecule has 0 radical (unpaired) electrons. The third kappa shape index (κ3) is 2.12. The molecule has 3 N–H and O–H groups in total. The maximum atomic E-state index is 13.6. The number of aliphatic hydroxyl groups excluding tert-OH is 1. The molecule has 4 heteroatoms. The van der Waals surface area contributed by atoms with Gasteiger partial charge in [0.2, 0.25) is 0 Å². The first-order valence-corrected chi connectivity index (χ1v) is 5.24. The van der Waals surface area contributed by atoms with E-state index in [0.29, 0.717) is 5.56 Å². The number of rotatable bonds is 2. The van der Waals surface area contributed by atoms with Crippen molar-refractivity contribution in [2.24, 2.45) is 0 Å². The summed E-state index contributed by atoms with van der Waals surface area (Å²) >= 11 is 0. The van der Waals surface area contributed by atoms with Gasteiger partial charge in [-0.1, -0.05) is 18.2 Å². The minimum Gasteiger partial charge on any atom is -0.383 e. The van der Waals surface area contributed by atoms with E-state index in [2.05, 4.69) is 4.98 Å². The van der Waals surface area contributed by atoms with Gasteiger partial charge >= 0.3 is 0 Å². The van der Waals surface area contributed by atoms with Crippen molar-refractivity contribution in [3.8, 4) is 0 Å². The van der Waals surface area contributed by atoms with Crippen LogP contribution in [0.4, 0.5) is 10.2 Å². The van der Waals surface area contributed by atoms with Crippen LogP contribution in [0, 0.1) is 12.7 Å². The van der Waals surface area contributed by atoms with Gasteiger partial charge in [-0.05, 0) is 24.6 Å². The van der Waals surface area contributed by atoms with E-state index in [1.54, 1.807) is 31.3 Å². The Bertz CT molecular complexity index is 522. The summed E-state index contributed by atoms with van der Waals surface area (Å²) in [7, 11) is 0. The lowest BCUT2D eigenvalue weighted by Crippen LogP contribution is -2.09. The standard InChI is InChI=1S/C13H13FN2O/c1-8-6-7-16-13(15)11(8)12(17)9-4-2-3-5-10(9)14/h2-7,12,17H,1H3,(H2,15,16). The Morgan fingerprint density at radius 1 is 1.29 bits per heavy atom. The van der Waals surface area contributed by atoms with Crippen molar-refractivity contribution in [3.05, 3.63) is 59.0 Å². The number of hydrogen-bond acceptors (Lipinski definition) is 3. The molecule has 88 valence electrons. The van der Waals surface area contributed by atoms with E-state index in [4.69, 9.17) is 5.73 Å². The van der Waals surface area contributed by atoms with Gasteiger partial charge in [-0.3, -0.25) is 0 Å². The van der Waals surface area contributed by atoms with E-state index in [-0.39, 0.29) is 11.4 Å². The van der Waals surface area contributed by atoms with Crippen molar-refractivity contribution >= 4 is 5.82 Å². The summed E-state index contributed by atoms with van der Waals surface area (Å²) in [6.07, 6.45) is 0.465. The second-order valence-electron chi connectivity index (χ2n) is 3.85. The second-order valence-corrected chi connectivity index (χ2v) is 3.85. The zero-order chi connectivity index (χ0) is 12.4. The number of aryl methyl sites for hydroxylation is 1. The molecule has 1 atom stereocenters. The average Bonchev–Trinajstić information content (AvgIpc) is 2.29. The number of pyridine rings is 1. The van der Waals surface area contributed by atoms with Gasteiger partial charge in [0.25, 0.3) is 0 Å². The van der Waals surface area contributed by atoms with E-state index < -0.39 is 11.9 Å². The topological polar surface area (TPSA) is 59.1 Å². The number of benzene rings is 1. The number of aromatic nitrogens is 1. The van der Waals surface area contributed by atoms with Gasteiger partial charge in [-0.15, -0.1) is 0 Å². The van der Waals surface area contributed by atoms with Gasteiger partial charge in [0.05, 0.1) is 0 Å². The summed E-state index contributed by atoms with van der Waals surface area (Å²) in [4.78, 5) is 3.91. The smallest absolute Gasteiger partial charge is 0.129 e. The van der Waals surface area contributed by atoms with Crippen LogP contribution >= 0.6 is 0 Å². The van der Waals surface area contributed by atoms with Crippen molar-refractivity contribution in [3.63, 3.8) is 0 Å². The molecule has 0 amide bonds. The first-order chi connectivity index (χ1) is 8.11. The fourth-order valence-electron chi connectivity index (χ4n) is 1.80.